The van der Waals surface area contributed by atoms with Gasteiger partial charge in [0.25, 0.3) is 17.1 Å². The molecule has 30 heteroatoms. The van der Waals surface area contributed by atoms with E-state index in [4.69, 9.17) is 50.1 Å². The van der Waals surface area contributed by atoms with Crippen molar-refractivity contribution in [1.82, 2.24) is 0 Å². The van der Waals surface area contributed by atoms with Crippen LogP contribution in [0.3, 0.4) is 0 Å². The monoisotopic (exact) mass is 1270 g/mol. The van der Waals surface area contributed by atoms with Crippen LogP contribution in [-0.2, 0) is 71.0 Å². The summed E-state index contributed by atoms with van der Waals surface area (Å²) in [5.74, 6) is 0.809. The second kappa shape index (κ2) is 24.0. The minimum absolute atomic E-state index is 0. The Morgan fingerprint density at radius 3 is 1.51 bits per heavy atom. The number of ketones is 1. The fraction of sp³-hybridized carbons (Fsp3) is 0.255. The largest absolute Gasteiger partial charge is 2.00 e. The summed E-state index contributed by atoms with van der Waals surface area (Å²) in [6.45, 7) is 3.40. The summed E-state index contributed by atoms with van der Waals surface area (Å²) in [4.78, 5) is 53.4. The molecular formula is C55H41CuF6N5O16S2. The number of nitro benzene ring substituents is 3. The van der Waals surface area contributed by atoms with E-state index in [0.29, 0.717) is 13.2 Å². The van der Waals surface area contributed by atoms with Crippen LogP contribution in [0.4, 0.5) is 43.4 Å². The van der Waals surface area contributed by atoms with Crippen molar-refractivity contribution in [1.29, 1.82) is 0 Å². The molecule has 7 aromatic rings. The first kappa shape index (κ1) is 62.8. The quantitative estimate of drug-likeness (QED) is 0.0170. The molecule has 0 N–H and O–H groups in total. The molecule has 2 aliphatic heterocycles. The molecule has 0 aromatic heterocycles. The van der Waals surface area contributed by atoms with Gasteiger partial charge in [0.05, 0.1) is 33.0 Å². The van der Waals surface area contributed by atoms with Gasteiger partial charge in [0.1, 0.15) is 29.7 Å². The topological polar surface area (TPSA) is 313 Å². The number of carbonyl (C=O) groups is 1. The maximum Gasteiger partial charge on any atom is 2.00 e. The molecule has 3 aliphatic carbocycles. The summed E-state index contributed by atoms with van der Waals surface area (Å²) >= 11 is 0. The van der Waals surface area contributed by atoms with Crippen LogP contribution < -0.4 is 0 Å². The Hall–Kier alpha value is -8.25. The average Bonchev–Trinajstić information content (AvgIpc) is 1.68. The maximum atomic E-state index is 12.3. The van der Waals surface area contributed by atoms with E-state index in [2.05, 4.69) is 110 Å². The average molecular weight is 1270 g/mol. The van der Waals surface area contributed by atoms with Crippen molar-refractivity contribution in [2.45, 2.75) is 74.5 Å². The van der Waals surface area contributed by atoms with Gasteiger partial charge in [0.15, 0.2) is 37.8 Å². The van der Waals surface area contributed by atoms with Gasteiger partial charge in [-0.2, -0.15) is 26.3 Å². The number of hydrogen-bond donors (Lipinski definition) is 0. The number of rotatable bonds is 11. The number of fused-ring (bicyclic) bond motifs is 11. The summed E-state index contributed by atoms with van der Waals surface area (Å²) in [7, 11) is -12.2. The summed E-state index contributed by atoms with van der Waals surface area (Å²) in [6.07, 6.45) is 3.46. The number of ether oxygens (including phenoxy) is 3. The maximum absolute atomic E-state index is 12.3. The van der Waals surface area contributed by atoms with Gasteiger partial charge in [-0.25, -0.2) is 26.8 Å². The number of benzene rings is 7. The first-order valence-corrected chi connectivity index (χ1v) is 27.8. The van der Waals surface area contributed by atoms with Crippen molar-refractivity contribution in [3.63, 3.8) is 0 Å². The SMILES string of the molecule is CC(CCCOCc1c2ccccc2cc2ccccc12)(C1=N[C@@H]2c3ccccc3C[C@@H]2O1)C1=N[C@@H]2c3ccccc3C[C@@H]2O1.O=C1c2cc([N+](=O)[O-])ccc2-c2c1cc([N+](=O)[O-])cc2[N+](=O)[O-].O=S(=O)([O-])C(F)(F)F.O=S(=O)([O-])C(F)(F)F.[Cu+2]. The number of hydrogen-bond acceptors (Lipinski definition) is 18. The molecule has 447 valence electrons. The smallest absolute Gasteiger partial charge is 0.741 e. The van der Waals surface area contributed by atoms with Crippen molar-refractivity contribution < 1.29 is 103 Å². The first-order chi connectivity index (χ1) is 39.5. The Morgan fingerprint density at radius 2 is 1.05 bits per heavy atom. The zero-order chi connectivity index (χ0) is 60.8. The molecule has 2 heterocycles. The van der Waals surface area contributed by atoms with E-state index in [1.807, 2.05) is 0 Å². The molecule has 5 aliphatic rings. The van der Waals surface area contributed by atoms with Crippen LogP contribution in [0.5, 0.6) is 0 Å². The van der Waals surface area contributed by atoms with Crippen LogP contribution >= 0.6 is 0 Å². The third-order valence-corrected chi connectivity index (χ3v) is 15.6. The van der Waals surface area contributed by atoms with E-state index in [9.17, 15) is 61.5 Å². The van der Waals surface area contributed by atoms with Crippen LogP contribution in [0.2, 0.25) is 0 Å². The van der Waals surface area contributed by atoms with Gasteiger partial charge < -0.3 is 23.3 Å². The fourth-order valence-electron chi connectivity index (χ4n) is 10.5. The van der Waals surface area contributed by atoms with E-state index in [1.165, 1.54) is 55.4 Å². The zero-order valence-corrected chi connectivity index (χ0v) is 46.0. The Morgan fingerprint density at radius 1 is 0.600 bits per heavy atom. The Balaban J connectivity index is 0.000000195. The molecule has 0 saturated carbocycles. The third-order valence-electron chi connectivity index (χ3n) is 14.4. The van der Waals surface area contributed by atoms with Crippen molar-refractivity contribution in [3.8, 4) is 11.1 Å². The summed E-state index contributed by atoms with van der Waals surface area (Å²) < 4.78 is 138. The molecule has 0 bridgehead atoms. The number of aliphatic imine (C=N–C) groups is 2. The van der Waals surface area contributed by atoms with Gasteiger partial charge in [0, 0.05) is 54.3 Å². The minimum Gasteiger partial charge on any atom is -0.741 e. The number of non-ortho nitro benzene ring substituents is 2. The van der Waals surface area contributed by atoms with Gasteiger partial charge in [0.2, 0.25) is 0 Å². The molecule has 0 fully saturated rings. The fourth-order valence-corrected chi connectivity index (χ4v) is 10.5. The van der Waals surface area contributed by atoms with Crippen molar-refractivity contribution in [2.24, 2.45) is 15.4 Å². The van der Waals surface area contributed by atoms with Gasteiger partial charge in [-0.15, -0.1) is 0 Å². The van der Waals surface area contributed by atoms with Crippen LogP contribution in [0.25, 0.3) is 32.7 Å². The number of nitrogens with zero attached hydrogens (tertiary/aromatic N) is 5. The predicted octanol–water partition coefficient (Wildman–Crippen LogP) is 11.2. The molecule has 0 amide bonds. The Kier molecular flexibility index (Phi) is 17.7. The van der Waals surface area contributed by atoms with Gasteiger partial charge >= 0.3 is 28.1 Å². The molecule has 0 saturated heterocycles. The van der Waals surface area contributed by atoms with Crippen molar-refractivity contribution in [3.05, 3.63) is 203 Å². The van der Waals surface area contributed by atoms with E-state index in [-0.39, 0.29) is 69.3 Å². The Labute approximate surface area is 487 Å². The van der Waals surface area contributed by atoms with Gasteiger partial charge in [-0.1, -0.05) is 97.1 Å². The number of alkyl halides is 6. The summed E-state index contributed by atoms with van der Waals surface area (Å²) in [6, 6.07) is 41.8. The van der Waals surface area contributed by atoms with Crippen molar-refractivity contribution >= 4 is 76.4 Å². The second-order valence-corrected chi connectivity index (χ2v) is 22.4. The molecule has 1 radical (unpaired) electrons. The molecule has 0 spiro atoms. The summed E-state index contributed by atoms with van der Waals surface area (Å²) in [5, 5.41) is 37.9. The normalized spacial score (nSPS) is 17.9. The second-order valence-electron chi connectivity index (χ2n) is 19.7. The number of halogens is 6. The first-order valence-electron chi connectivity index (χ1n) is 24.9. The van der Waals surface area contributed by atoms with E-state index >= 15 is 0 Å². The molecule has 85 heavy (non-hydrogen) atoms. The van der Waals surface area contributed by atoms with Crippen LogP contribution in [0.1, 0.15) is 75.6 Å². The Bertz CT molecular complexity index is 3980. The minimum atomic E-state index is -6.09. The summed E-state index contributed by atoms with van der Waals surface area (Å²) in [5.41, 5.74) is -7.09. The van der Waals surface area contributed by atoms with E-state index in [1.54, 1.807) is 0 Å². The molecule has 12 rings (SSSR count). The number of nitro groups is 3. The molecular weight excluding hydrogens is 1230 g/mol. The predicted molar refractivity (Wildman–Crippen MR) is 286 cm³/mol. The molecule has 4 atom stereocenters. The molecule has 0 unspecified atom stereocenters. The van der Waals surface area contributed by atoms with Crippen LogP contribution in [0, 0.1) is 35.8 Å². The van der Waals surface area contributed by atoms with Gasteiger partial charge in [-0.05, 0) is 81.3 Å². The third kappa shape index (κ3) is 12.8. The van der Waals surface area contributed by atoms with E-state index in [0.717, 1.165) is 61.7 Å². The van der Waals surface area contributed by atoms with Crippen molar-refractivity contribution in [2.75, 3.05) is 6.61 Å². The van der Waals surface area contributed by atoms with Crippen LogP contribution in [0.15, 0.2) is 143 Å². The van der Waals surface area contributed by atoms with Crippen LogP contribution in [-0.4, -0.2) is 88.1 Å². The zero-order valence-electron chi connectivity index (χ0n) is 43.4. The number of carbonyl (C=O) groups excluding carboxylic acids is 1. The van der Waals surface area contributed by atoms with Gasteiger partial charge in [-0.3, -0.25) is 35.1 Å². The van der Waals surface area contributed by atoms with E-state index < -0.39 is 68.6 Å². The standard InChI is InChI=1S/C40H36N2O3.C13H5N3O7.2CHF3O3S.Cu/c1-40(38-41-36-31-17-8-4-13-27(31)22-34(36)44-38,39-42-37-32-18-9-5-14-28(32)23-35(37)45-39)19-10-20-43-24-33-29-15-6-2-11-25(29)21-26-12-3-7-16-30(26)33;17-13-9-3-6(14(18)19)1-2-8(9)12-10(13)4-7(15(20)21)5-11(12)16(22)23;2*2-1(3,4)8(5,6)7;/h2-9,11-18,21,34-37H,10,19-20,22-24H2,1H3;1-5H;2*(H,5,6,7);/q;;;;+2/p-2/t34-,35-,36+,37+;;;;/m0..../s1. The molecule has 7 aromatic carbocycles. The molecule has 21 nitrogen and oxygen atoms in total.